The Morgan fingerprint density at radius 2 is 1.78 bits per heavy atom. The van der Waals surface area contributed by atoms with Crippen LogP contribution in [0.4, 0.5) is 11.5 Å². The van der Waals surface area contributed by atoms with E-state index in [0.29, 0.717) is 0 Å². The predicted octanol–water partition coefficient (Wildman–Crippen LogP) is 3.90. The van der Waals surface area contributed by atoms with E-state index in [0.717, 1.165) is 23.7 Å². The van der Waals surface area contributed by atoms with Gasteiger partial charge >= 0.3 is 0 Å². The smallest absolute Gasteiger partial charge is 0.224 e. The van der Waals surface area contributed by atoms with Crippen molar-refractivity contribution in [2.75, 3.05) is 11.4 Å². The topological polar surface area (TPSA) is 29.0 Å². The first-order valence-electron chi connectivity index (χ1n) is 5.95. The first-order chi connectivity index (χ1) is 8.60. The standard InChI is InChI=1S/C14H16ClN3/c1-4-18(12-7-5-10(2)6-8-12)13-9-11(3)16-14(15)17-13/h5-9H,4H2,1-3H3. The molecule has 2 aromatic rings. The Hall–Kier alpha value is -1.61. The molecule has 0 radical (unpaired) electrons. The summed E-state index contributed by atoms with van der Waals surface area (Å²) in [6, 6.07) is 10.3. The van der Waals surface area contributed by atoms with Gasteiger partial charge in [0.25, 0.3) is 0 Å². The van der Waals surface area contributed by atoms with Gasteiger partial charge in [0.2, 0.25) is 5.28 Å². The molecule has 2 rings (SSSR count). The molecule has 18 heavy (non-hydrogen) atoms. The summed E-state index contributed by atoms with van der Waals surface area (Å²) in [4.78, 5) is 10.5. The van der Waals surface area contributed by atoms with Gasteiger partial charge < -0.3 is 4.90 Å². The molecule has 0 spiro atoms. The number of rotatable bonds is 3. The summed E-state index contributed by atoms with van der Waals surface area (Å²) in [6.07, 6.45) is 0. The molecule has 0 aliphatic heterocycles. The fraction of sp³-hybridized carbons (Fsp3) is 0.286. The van der Waals surface area contributed by atoms with Crippen molar-refractivity contribution in [2.24, 2.45) is 0 Å². The fourth-order valence-electron chi connectivity index (χ4n) is 1.86. The normalized spacial score (nSPS) is 10.4. The lowest BCUT2D eigenvalue weighted by Crippen LogP contribution is -2.17. The number of hydrogen-bond donors (Lipinski definition) is 0. The van der Waals surface area contributed by atoms with Gasteiger partial charge in [-0.3, -0.25) is 0 Å². The first kappa shape index (κ1) is 12.8. The molecular weight excluding hydrogens is 246 g/mol. The lowest BCUT2D eigenvalue weighted by Gasteiger charge is -2.22. The minimum Gasteiger partial charge on any atom is -0.327 e. The summed E-state index contributed by atoms with van der Waals surface area (Å²) >= 11 is 5.91. The summed E-state index contributed by atoms with van der Waals surface area (Å²) in [5, 5.41) is 0.288. The highest BCUT2D eigenvalue weighted by molar-refractivity contribution is 6.28. The second kappa shape index (κ2) is 5.36. The van der Waals surface area contributed by atoms with E-state index in [1.165, 1.54) is 5.56 Å². The molecule has 0 N–H and O–H groups in total. The third-order valence-electron chi connectivity index (χ3n) is 2.75. The summed E-state index contributed by atoms with van der Waals surface area (Å²) in [5.41, 5.74) is 3.22. The minimum atomic E-state index is 0.288. The van der Waals surface area contributed by atoms with E-state index in [1.807, 2.05) is 13.0 Å². The van der Waals surface area contributed by atoms with Crippen LogP contribution in [0, 0.1) is 13.8 Å². The van der Waals surface area contributed by atoms with Crippen LogP contribution >= 0.6 is 11.6 Å². The molecule has 0 amide bonds. The molecular formula is C14H16ClN3. The van der Waals surface area contributed by atoms with Crippen LogP contribution in [0.5, 0.6) is 0 Å². The lowest BCUT2D eigenvalue weighted by molar-refractivity contribution is 0.965. The van der Waals surface area contributed by atoms with Gasteiger partial charge in [0.15, 0.2) is 0 Å². The maximum absolute atomic E-state index is 5.91. The Morgan fingerprint density at radius 1 is 1.11 bits per heavy atom. The number of halogens is 1. The third-order valence-corrected chi connectivity index (χ3v) is 2.92. The summed E-state index contributed by atoms with van der Waals surface area (Å²) in [5.74, 6) is 0.832. The molecule has 1 aromatic heterocycles. The van der Waals surface area contributed by atoms with Crippen LogP contribution in [0.1, 0.15) is 18.2 Å². The quantitative estimate of drug-likeness (QED) is 0.785. The fourth-order valence-corrected chi connectivity index (χ4v) is 2.08. The van der Waals surface area contributed by atoms with Gasteiger partial charge in [0.05, 0.1) is 0 Å². The minimum absolute atomic E-state index is 0.288. The molecule has 0 fully saturated rings. The zero-order valence-electron chi connectivity index (χ0n) is 10.8. The largest absolute Gasteiger partial charge is 0.327 e. The monoisotopic (exact) mass is 261 g/mol. The second-order valence-corrected chi connectivity index (χ2v) is 4.55. The molecule has 0 aliphatic rings. The molecule has 1 heterocycles. The van der Waals surface area contributed by atoms with Crippen LogP contribution in [0.2, 0.25) is 5.28 Å². The molecule has 0 bridgehead atoms. The number of hydrogen-bond acceptors (Lipinski definition) is 3. The van der Waals surface area contributed by atoms with Crippen LogP contribution in [0.3, 0.4) is 0 Å². The van der Waals surface area contributed by atoms with Crippen molar-refractivity contribution in [1.82, 2.24) is 9.97 Å². The highest BCUT2D eigenvalue weighted by Gasteiger charge is 2.10. The van der Waals surface area contributed by atoms with Crippen LogP contribution < -0.4 is 4.90 Å². The van der Waals surface area contributed by atoms with E-state index in [4.69, 9.17) is 11.6 Å². The Bertz CT molecular complexity index is 517. The maximum atomic E-state index is 5.91. The number of aromatic nitrogens is 2. The molecule has 4 heteroatoms. The number of anilines is 2. The van der Waals surface area contributed by atoms with Crippen LogP contribution in [0.25, 0.3) is 0 Å². The molecule has 0 saturated heterocycles. The van der Waals surface area contributed by atoms with E-state index >= 15 is 0 Å². The molecule has 0 atom stereocenters. The predicted molar refractivity (Wildman–Crippen MR) is 75.6 cm³/mol. The highest BCUT2D eigenvalue weighted by atomic mass is 35.5. The Labute approximate surface area is 112 Å². The van der Waals surface area contributed by atoms with Crippen molar-refractivity contribution in [2.45, 2.75) is 20.8 Å². The molecule has 1 aromatic carbocycles. The van der Waals surface area contributed by atoms with Gasteiger partial charge in [-0.2, -0.15) is 0 Å². The molecule has 0 aliphatic carbocycles. The van der Waals surface area contributed by atoms with Gasteiger partial charge in [0, 0.05) is 24.0 Å². The Balaban J connectivity index is 2.41. The lowest BCUT2D eigenvalue weighted by atomic mass is 10.2. The van der Waals surface area contributed by atoms with E-state index in [9.17, 15) is 0 Å². The van der Waals surface area contributed by atoms with Crippen LogP contribution in [0.15, 0.2) is 30.3 Å². The Kier molecular flexibility index (Phi) is 3.82. The highest BCUT2D eigenvalue weighted by Crippen LogP contribution is 2.24. The van der Waals surface area contributed by atoms with E-state index in [-0.39, 0.29) is 5.28 Å². The third kappa shape index (κ3) is 2.79. The van der Waals surface area contributed by atoms with Gasteiger partial charge in [-0.15, -0.1) is 0 Å². The van der Waals surface area contributed by atoms with E-state index < -0.39 is 0 Å². The molecule has 0 saturated carbocycles. The number of nitrogens with zero attached hydrogens (tertiary/aromatic N) is 3. The average molecular weight is 262 g/mol. The Morgan fingerprint density at radius 3 is 2.33 bits per heavy atom. The molecule has 94 valence electrons. The summed E-state index contributed by atoms with van der Waals surface area (Å²) in [7, 11) is 0. The maximum Gasteiger partial charge on any atom is 0.224 e. The molecule has 0 unspecified atom stereocenters. The summed E-state index contributed by atoms with van der Waals surface area (Å²) in [6.45, 7) is 6.91. The van der Waals surface area contributed by atoms with Crippen molar-refractivity contribution in [1.29, 1.82) is 0 Å². The van der Waals surface area contributed by atoms with Gasteiger partial charge in [0.1, 0.15) is 5.82 Å². The summed E-state index contributed by atoms with van der Waals surface area (Å²) < 4.78 is 0. The SMILES string of the molecule is CCN(c1ccc(C)cc1)c1cc(C)nc(Cl)n1. The van der Waals surface area contributed by atoms with E-state index in [2.05, 4.69) is 53.0 Å². The average Bonchev–Trinajstić information content (AvgIpc) is 2.31. The molecule has 3 nitrogen and oxygen atoms in total. The first-order valence-corrected chi connectivity index (χ1v) is 6.33. The van der Waals surface area contributed by atoms with Gasteiger partial charge in [-0.25, -0.2) is 9.97 Å². The van der Waals surface area contributed by atoms with E-state index in [1.54, 1.807) is 0 Å². The zero-order chi connectivity index (χ0) is 13.1. The van der Waals surface area contributed by atoms with Crippen LogP contribution in [-0.4, -0.2) is 16.5 Å². The van der Waals surface area contributed by atoms with Crippen molar-refractivity contribution in [3.05, 3.63) is 46.9 Å². The van der Waals surface area contributed by atoms with Gasteiger partial charge in [-0.1, -0.05) is 17.7 Å². The number of benzene rings is 1. The zero-order valence-corrected chi connectivity index (χ0v) is 11.6. The van der Waals surface area contributed by atoms with Crippen molar-refractivity contribution in [3.63, 3.8) is 0 Å². The van der Waals surface area contributed by atoms with Crippen molar-refractivity contribution < 1.29 is 0 Å². The van der Waals surface area contributed by atoms with Crippen molar-refractivity contribution in [3.8, 4) is 0 Å². The second-order valence-electron chi connectivity index (χ2n) is 4.22. The van der Waals surface area contributed by atoms with Crippen molar-refractivity contribution >= 4 is 23.1 Å². The number of aryl methyl sites for hydroxylation is 2. The van der Waals surface area contributed by atoms with Crippen LogP contribution in [-0.2, 0) is 0 Å². The van der Waals surface area contributed by atoms with Gasteiger partial charge in [-0.05, 0) is 44.5 Å².